The lowest BCUT2D eigenvalue weighted by Crippen LogP contribution is -2.30. The Morgan fingerprint density at radius 3 is 2.74 bits per heavy atom. The van der Waals surface area contributed by atoms with E-state index in [4.69, 9.17) is 4.74 Å². The molecular formula is C21H17FN2O2S. The normalized spacial score (nSPS) is 15.7. The van der Waals surface area contributed by atoms with E-state index in [1.807, 2.05) is 12.1 Å². The topological polar surface area (TPSA) is 51.2 Å². The van der Waals surface area contributed by atoms with Gasteiger partial charge in [-0.3, -0.25) is 9.78 Å². The van der Waals surface area contributed by atoms with Crippen molar-refractivity contribution in [1.29, 1.82) is 0 Å². The van der Waals surface area contributed by atoms with Crippen molar-refractivity contribution in [3.05, 3.63) is 83.9 Å². The predicted molar refractivity (Wildman–Crippen MR) is 103 cm³/mol. The fourth-order valence-electron chi connectivity index (χ4n) is 3.00. The van der Waals surface area contributed by atoms with Crippen LogP contribution in [0.3, 0.4) is 0 Å². The summed E-state index contributed by atoms with van der Waals surface area (Å²) >= 11 is 1.50. The quantitative estimate of drug-likeness (QED) is 0.694. The van der Waals surface area contributed by atoms with E-state index in [1.54, 1.807) is 48.8 Å². The highest BCUT2D eigenvalue weighted by Crippen LogP contribution is 2.37. The Bertz CT molecular complexity index is 948. The van der Waals surface area contributed by atoms with Crippen LogP contribution in [0.15, 0.2) is 71.9 Å². The van der Waals surface area contributed by atoms with Crippen molar-refractivity contribution < 1.29 is 13.9 Å². The van der Waals surface area contributed by atoms with Gasteiger partial charge in [-0.25, -0.2) is 4.39 Å². The number of hydrogen-bond donors (Lipinski definition) is 1. The van der Waals surface area contributed by atoms with Crippen LogP contribution >= 0.6 is 11.8 Å². The zero-order valence-corrected chi connectivity index (χ0v) is 15.2. The Balaban J connectivity index is 1.46. The molecule has 1 amide bonds. The zero-order valence-electron chi connectivity index (χ0n) is 14.4. The molecule has 1 aliphatic heterocycles. The number of amides is 1. The molecule has 0 bridgehead atoms. The number of halogens is 1. The number of nitrogens with zero attached hydrogens (tertiary/aromatic N) is 1. The van der Waals surface area contributed by atoms with E-state index in [2.05, 4.69) is 10.3 Å². The first-order valence-electron chi connectivity index (χ1n) is 8.61. The molecule has 1 N–H and O–H groups in total. The number of fused-ring (bicyclic) bond motifs is 1. The molecule has 4 nitrogen and oxygen atoms in total. The van der Waals surface area contributed by atoms with Crippen LogP contribution < -0.4 is 10.1 Å². The van der Waals surface area contributed by atoms with Gasteiger partial charge in [0.2, 0.25) is 0 Å². The van der Waals surface area contributed by atoms with Gasteiger partial charge >= 0.3 is 0 Å². The number of pyridine rings is 1. The van der Waals surface area contributed by atoms with Crippen molar-refractivity contribution in [2.45, 2.75) is 17.4 Å². The van der Waals surface area contributed by atoms with Crippen LogP contribution in [0.4, 0.5) is 4.39 Å². The van der Waals surface area contributed by atoms with Crippen molar-refractivity contribution in [2.75, 3.05) is 5.75 Å². The van der Waals surface area contributed by atoms with Crippen molar-refractivity contribution >= 4 is 17.7 Å². The summed E-state index contributed by atoms with van der Waals surface area (Å²) in [5.41, 5.74) is 1.38. The maximum Gasteiger partial charge on any atom is 0.251 e. The number of aromatic nitrogens is 1. The van der Waals surface area contributed by atoms with Gasteiger partial charge in [-0.15, -0.1) is 11.8 Å². The van der Waals surface area contributed by atoms with Crippen LogP contribution in [-0.4, -0.2) is 16.6 Å². The number of rotatable bonds is 4. The molecule has 2 aromatic carbocycles. The molecule has 0 radical (unpaired) electrons. The number of benzene rings is 2. The van der Waals surface area contributed by atoms with Crippen LogP contribution in [0.5, 0.6) is 11.5 Å². The minimum absolute atomic E-state index is 0.184. The minimum atomic E-state index is -0.228. The Labute approximate surface area is 160 Å². The molecule has 0 spiro atoms. The standard InChI is InChI=1S/C21H17FN2O2S/c22-18-5-1-4-17-19(10-12-27-20(17)18)24-21(25)14-6-8-15(9-7-14)26-16-3-2-11-23-13-16/h1-9,11,13,19H,10,12H2,(H,24,25). The Kier molecular flexibility index (Phi) is 5.07. The SMILES string of the molecule is O=C(NC1CCSc2c(F)cccc21)c1ccc(Oc2cccnc2)cc1. The monoisotopic (exact) mass is 380 g/mol. The van der Waals surface area contributed by atoms with Gasteiger partial charge in [0.25, 0.3) is 5.91 Å². The number of thioether (sulfide) groups is 1. The van der Waals surface area contributed by atoms with Gasteiger partial charge in [-0.1, -0.05) is 12.1 Å². The number of carbonyl (C=O) groups is 1. The fraction of sp³-hybridized carbons (Fsp3) is 0.143. The first kappa shape index (κ1) is 17.5. The van der Waals surface area contributed by atoms with Gasteiger partial charge in [-0.05, 0) is 54.4 Å². The number of carbonyl (C=O) groups excluding carboxylic acids is 1. The first-order valence-corrected chi connectivity index (χ1v) is 9.59. The third-order valence-corrected chi connectivity index (χ3v) is 5.48. The molecule has 4 rings (SSSR count). The highest BCUT2D eigenvalue weighted by Gasteiger charge is 2.24. The fourth-order valence-corrected chi connectivity index (χ4v) is 4.14. The smallest absolute Gasteiger partial charge is 0.251 e. The van der Waals surface area contributed by atoms with Crippen molar-refractivity contribution in [1.82, 2.24) is 10.3 Å². The van der Waals surface area contributed by atoms with Crippen LogP contribution in [0.2, 0.25) is 0 Å². The summed E-state index contributed by atoms with van der Waals surface area (Å²) in [5.74, 6) is 1.62. The van der Waals surface area contributed by atoms with E-state index in [1.165, 1.54) is 17.8 Å². The molecule has 0 aliphatic carbocycles. The Morgan fingerprint density at radius 1 is 1.11 bits per heavy atom. The molecule has 1 aromatic heterocycles. The predicted octanol–water partition coefficient (Wildman–Crippen LogP) is 4.98. The van der Waals surface area contributed by atoms with Gasteiger partial charge in [0.15, 0.2) is 0 Å². The highest BCUT2D eigenvalue weighted by atomic mass is 32.2. The summed E-state index contributed by atoms with van der Waals surface area (Å²) in [6.45, 7) is 0. The Morgan fingerprint density at radius 2 is 1.96 bits per heavy atom. The molecular weight excluding hydrogens is 363 g/mol. The molecule has 0 saturated carbocycles. The van der Waals surface area contributed by atoms with Crippen LogP contribution in [0, 0.1) is 5.82 Å². The van der Waals surface area contributed by atoms with Crippen molar-refractivity contribution in [3.63, 3.8) is 0 Å². The first-order chi connectivity index (χ1) is 13.2. The molecule has 2 heterocycles. The van der Waals surface area contributed by atoms with Gasteiger partial charge in [0.05, 0.1) is 12.2 Å². The molecule has 27 heavy (non-hydrogen) atoms. The van der Waals surface area contributed by atoms with Gasteiger partial charge < -0.3 is 10.1 Å². The Hall–Kier alpha value is -2.86. The van der Waals surface area contributed by atoms with Gasteiger partial charge in [0, 0.05) is 22.4 Å². The van der Waals surface area contributed by atoms with Crippen molar-refractivity contribution in [2.24, 2.45) is 0 Å². The van der Waals surface area contributed by atoms with Gasteiger partial charge in [0.1, 0.15) is 17.3 Å². The summed E-state index contributed by atoms with van der Waals surface area (Å²) in [5, 5.41) is 3.02. The van der Waals surface area contributed by atoms with E-state index in [0.717, 1.165) is 17.7 Å². The summed E-state index contributed by atoms with van der Waals surface area (Å²) in [6.07, 6.45) is 4.07. The zero-order chi connectivity index (χ0) is 18.6. The number of ether oxygens (including phenoxy) is 1. The second kappa shape index (κ2) is 7.80. The average molecular weight is 380 g/mol. The highest BCUT2D eigenvalue weighted by molar-refractivity contribution is 7.99. The second-order valence-corrected chi connectivity index (χ2v) is 7.24. The van der Waals surface area contributed by atoms with Crippen LogP contribution in [-0.2, 0) is 0 Å². The summed E-state index contributed by atoms with van der Waals surface area (Å²) < 4.78 is 19.7. The molecule has 0 fully saturated rings. The molecule has 1 unspecified atom stereocenters. The maximum absolute atomic E-state index is 14.0. The molecule has 1 atom stereocenters. The van der Waals surface area contributed by atoms with Gasteiger partial charge in [-0.2, -0.15) is 0 Å². The average Bonchev–Trinajstić information content (AvgIpc) is 2.70. The number of nitrogens with one attached hydrogen (secondary N) is 1. The van der Waals surface area contributed by atoms with E-state index >= 15 is 0 Å². The maximum atomic E-state index is 14.0. The summed E-state index contributed by atoms with van der Waals surface area (Å²) in [6, 6.07) is 15.3. The summed E-state index contributed by atoms with van der Waals surface area (Å²) in [4.78, 5) is 17.2. The molecule has 1 aliphatic rings. The molecule has 6 heteroatoms. The van der Waals surface area contributed by atoms with Crippen LogP contribution in [0.1, 0.15) is 28.4 Å². The van der Waals surface area contributed by atoms with Crippen molar-refractivity contribution in [3.8, 4) is 11.5 Å². The second-order valence-electron chi connectivity index (χ2n) is 6.14. The van der Waals surface area contributed by atoms with E-state index in [0.29, 0.717) is 22.0 Å². The molecule has 3 aromatic rings. The lowest BCUT2D eigenvalue weighted by molar-refractivity contribution is 0.0934. The lowest BCUT2D eigenvalue weighted by Gasteiger charge is -2.26. The van der Waals surface area contributed by atoms with E-state index < -0.39 is 0 Å². The number of hydrogen-bond acceptors (Lipinski definition) is 4. The third-order valence-electron chi connectivity index (χ3n) is 4.32. The summed E-state index contributed by atoms with van der Waals surface area (Å²) in [7, 11) is 0. The third kappa shape index (κ3) is 3.95. The lowest BCUT2D eigenvalue weighted by atomic mass is 10.0. The van der Waals surface area contributed by atoms with Crippen LogP contribution in [0.25, 0.3) is 0 Å². The van der Waals surface area contributed by atoms with E-state index in [9.17, 15) is 9.18 Å². The van der Waals surface area contributed by atoms with E-state index in [-0.39, 0.29) is 17.8 Å². The largest absolute Gasteiger partial charge is 0.456 e. The molecule has 136 valence electrons. The minimum Gasteiger partial charge on any atom is -0.456 e. The molecule has 0 saturated heterocycles.